The van der Waals surface area contributed by atoms with Crippen molar-refractivity contribution in [3.63, 3.8) is 0 Å². The Morgan fingerprint density at radius 1 is 1.12 bits per heavy atom. The molecular formula is C21H31N3O2. The molecule has 26 heavy (non-hydrogen) atoms. The van der Waals surface area contributed by atoms with Crippen LogP contribution < -0.4 is 4.74 Å². The first-order valence-corrected chi connectivity index (χ1v) is 10.1. The second kappa shape index (κ2) is 7.57. The van der Waals surface area contributed by atoms with Crippen molar-refractivity contribution in [1.29, 1.82) is 0 Å². The number of fused-ring (bicyclic) bond motifs is 1. The molecule has 142 valence electrons. The Morgan fingerprint density at radius 2 is 1.85 bits per heavy atom. The lowest BCUT2D eigenvalue weighted by Crippen LogP contribution is -2.51. The van der Waals surface area contributed by atoms with E-state index in [-0.39, 0.29) is 5.92 Å². The van der Waals surface area contributed by atoms with Crippen LogP contribution in [0.3, 0.4) is 0 Å². The molecule has 0 aromatic heterocycles. The molecule has 5 heteroatoms. The van der Waals surface area contributed by atoms with Crippen molar-refractivity contribution >= 4 is 5.91 Å². The number of hydrogen-bond acceptors (Lipinski definition) is 4. The minimum atomic E-state index is 0.240. The first kappa shape index (κ1) is 17.8. The standard InChI is InChI=1S/C21H31N3O2/c1-16(19-4-3-17-7-14-26-20(17)15-19)23-10-12-24(13-11-23)21(25)18-5-8-22(2)9-6-18/h3-4,15-16,18H,5-14H2,1-2H3/t16-/m0/s1. The lowest BCUT2D eigenvalue weighted by Gasteiger charge is -2.40. The molecule has 3 aliphatic heterocycles. The highest BCUT2D eigenvalue weighted by molar-refractivity contribution is 5.79. The topological polar surface area (TPSA) is 36.0 Å². The zero-order valence-corrected chi connectivity index (χ0v) is 16.1. The van der Waals surface area contributed by atoms with Gasteiger partial charge in [-0.3, -0.25) is 9.69 Å². The van der Waals surface area contributed by atoms with Crippen molar-refractivity contribution in [2.45, 2.75) is 32.2 Å². The molecule has 4 rings (SSSR count). The largest absolute Gasteiger partial charge is 0.493 e. The zero-order valence-electron chi connectivity index (χ0n) is 16.1. The Hall–Kier alpha value is -1.59. The number of ether oxygens (including phenoxy) is 1. The summed E-state index contributed by atoms with van der Waals surface area (Å²) < 4.78 is 5.72. The van der Waals surface area contributed by atoms with Crippen molar-refractivity contribution in [3.8, 4) is 5.75 Å². The lowest BCUT2D eigenvalue weighted by molar-refractivity contribution is -0.139. The Balaban J connectivity index is 1.32. The average Bonchev–Trinajstić information content (AvgIpc) is 3.15. The lowest BCUT2D eigenvalue weighted by atomic mass is 9.95. The Morgan fingerprint density at radius 3 is 2.58 bits per heavy atom. The molecule has 2 saturated heterocycles. The maximum Gasteiger partial charge on any atom is 0.225 e. The van der Waals surface area contributed by atoms with Crippen LogP contribution in [0.5, 0.6) is 5.75 Å². The number of nitrogens with zero attached hydrogens (tertiary/aromatic N) is 3. The third kappa shape index (κ3) is 3.60. The Kier molecular flexibility index (Phi) is 5.18. The Bertz CT molecular complexity index is 647. The van der Waals surface area contributed by atoms with Crippen molar-refractivity contribution in [2.24, 2.45) is 5.92 Å². The van der Waals surface area contributed by atoms with Crippen molar-refractivity contribution in [1.82, 2.24) is 14.7 Å². The van der Waals surface area contributed by atoms with Gasteiger partial charge in [-0.15, -0.1) is 0 Å². The highest BCUT2D eigenvalue weighted by atomic mass is 16.5. The molecule has 1 atom stereocenters. The van der Waals surface area contributed by atoms with Gasteiger partial charge in [0.1, 0.15) is 5.75 Å². The van der Waals surface area contributed by atoms with Crippen molar-refractivity contribution < 1.29 is 9.53 Å². The molecule has 0 N–H and O–H groups in total. The molecule has 0 radical (unpaired) electrons. The third-order valence-corrected chi connectivity index (χ3v) is 6.44. The van der Waals surface area contributed by atoms with Gasteiger partial charge >= 0.3 is 0 Å². The van der Waals surface area contributed by atoms with Crippen LogP contribution in [0, 0.1) is 5.92 Å². The first-order chi connectivity index (χ1) is 12.6. The van der Waals surface area contributed by atoms with E-state index in [0.717, 1.165) is 70.9 Å². The summed E-state index contributed by atoms with van der Waals surface area (Å²) >= 11 is 0. The van der Waals surface area contributed by atoms with Crippen LogP contribution in [-0.2, 0) is 11.2 Å². The average molecular weight is 357 g/mol. The minimum Gasteiger partial charge on any atom is -0.493 e. The number of likely N-dealkylation sites (tertiary alicyclic amines) is 1. The van der Waals surface area contributed by atoms with E-state index in [1.165, 1.54) is 11.1 Å². The predicted octanol–water partition coefficient (Wildman–Crippen LogP) is 2.17. The quantitative estimate of drug-likeness (QED) is 0.831. The monoisotopic (exact) mass is 357 g/mol. The number of amides is 1. The Labute approximate surface area is 156 Å². The molecule has 0 bridgehead atoms. The molecule has 0 spiro atoms. The molecule has 1 aromatic rings. The summed E-state index contributed by atoms with van der Waals surface area (Å²) in [7, 11) is 2.14. The number of hydrogen-bond donors (Lipinski definition) is 0. The fourth-order valence-corrected chi connectivity index (χ4v) is 4.50. The van der Waals surface area contributed by atoms with Gasteiger partial charge in [-0.25, -0.2) is 0 Å². The SMILES string of the molecule is C[C@@H](c1ccc2c(c1)OCC2)N1CCN(C(=O)C2CCN(C)CC2)CC1. The van der Waals surface area contributed by atoms with Crippen molar-refractivity contribution in [2.75, 3.05) is 52.9 Å². The molecule has 3 aliphatic rings. The summed E-state index contributed by atoms with van der Waals surface area (Å²) in [6, 6.07) is 7.04. The number of rotatable bonds is 3. The smallest absolute Gasteiger partial charge is 0.225 e. The molecule has 1 amide bonds. The maximum absolute atomic E-state index is 12.8. The number of carbonyl (C=O) groups excluding carboxylic acids is 1. The molecule has 0 aliphatic carbocycles. The third-order valence-electron chi connectivity index (χ3n) is 6.44. The van der Waals surface area contributed by atoms with Crippen LogP contribution in [0.1, 0.15) is 36.9 Å². The number of benzene rings is 1. The van der Waals surface area contributed by atoms with E-state index in [4.69, 9.17) is 4.74 Å². The second-order valence-electron chi connectivity index (χ2n) is 8.08. The normalized spacial score (nSPS) is 23.5. The summed E-state index contributed by atoms with van der Waals surface area (Å²) in [6.45, 7) is 8.81. The second-order valence-corrected chi connectivity index (χ2v) is 8.08. The number of piperidine rings is 1. The van der Waals surface area contributed by atoms with Gasteiger partial charge in [0.2, 0.25) is 5.91 Å². The van der Waals surface area contributed by atoms with Gasteiger partial charge in [0.25, 0.3) is 0 Å². The molecular weight excluding hydrogens is 326 g/mol. The number of piperazine rings is 1. The van der Waals surface area contributed by atoms with Crippen LogP contribution in [0.4, 0.5) is 0 Å². The van der Waals surface area contributed by atoms with Crippen molar-refractivity contribution in [3.05, 3.63) is 29.3 Å². The van der Waals surface area contributed by atoms with Gasteiger partial charge in [-0.2, -0.15) is 0 Å². The zero-order chi connectivity index (χ0) is 18.1. The van der Waals surface area contributed by atoms with Gasteiger partial charge < -0.3 is 14.5 Å². The molecule has 1 aromatic carbocycles. The molecule has 0 saturated carbocycles. The summed E-state index contributed by atoms with van der Waals surface area (Å²) in [4.78, 5) is 19.7. The highest BCUT2D eigenvalue weighted by Crippen LogP contribution is 2.31. The van der Waals surface area contributed by atoms with Crippen LogP contribution in [0.25, 0.3) is 0 Å². The van der Waals surface area contributed by atoms with Crippen LogP contribution in [-0.4, -0.2) is 73.5 Å². The summed E-state index contributed by atoms with van der Waals surface area (Å²) in [5, 5.41) is 0. The highest BCUT2D eigenvalue weighted by Gasteiger charge is 2.31. The first-order valence-electron chi connectivity index (χ1n) is 10.1. The van der Waals surface area contributed by atoms with E-state index >= 15 is 0 Å². The fourth-order valence-electron chi connectivity index (χ4n) is 4.50. The van der Waals surface area contributed by atoms with Crippen LogP contribution >= 0.6 is 0 Å². The van der Waals surface area contributed by atoms with Gasteiger partial charge in [0.05, 0.1) is 6.61 Å². The fraction of sp³-hybridized carbons (Fsp3) is 0.667. The van der Waals surface area contributed by atoms with E-state index < -0.39 is 0 Å². The maximum atomic E-state index is 12.8. The number of carbonyl (C=O) groups is 1. The van der Waals surface area contributed by atoms with Crippen LogP contribution in [0.15, 0.2) is 18.2 Å². The van der Waals surface area contributed by atoms with E-state index in [1.807, 2.05) is 0 Å². The van der Waals surface area contributed by atoms with E-state index in [2.05, 4.69) is 46.9 Å². The van der Waals surface area contributed by atoms with E-state index in [1.54, 1.807) is 0 Å². The van der Waals surface area contributed by atoms with Gasteiger partial charge in [0.15, 0.2) is 0 Å². The van der Waals surface area contributed by atoms with E-state index in [0.29, 0.717) is 11.9 Å². The minimum absolute atomic E-state index is 0.240. The summed E-state index contributed by atoms with van der Waals surface area (Å²) in [6.07, 6.45) is 3.06. The van der Waals surface area contributed by atoms with Crippen LogP contribution in [0.2, 0.25) is 0 Å². The summed E-state index contributed by atoms with van der Waals surface area (Å²) in [5.41, 5.74) is 2.65. The van der Waals surface area contributed by atoms with Gasteiger partial charge in [0, 0.05) is 44.6 Å². The molecule has 2 fully saturated rings. The summed E-state index contributed by atoms with van der Waals surface area (Å²) in [5.74, 6) is 1.69. The predicted molar refractivity (Wildman–Crippen MR) is 102 cm³/mol. The molecule has 5 nitrogen and oxygen atoms in total. The van der Waals surface area contributed by atoms with Gasteiger partial charge in [-0.1, -0.05) is 12.1 Å². The van der Waals surface area contributed by atoms with E-state index in [9.17, 15) is 4.79 Å². The van der Waals surface area contributed by atoms with Gasteiger partial charge in [-0.05, 0) is 57.1 Å². The molecule has 0 unspecified atom stereocenters. The molecule has 3 heterocycles.